The van der Waals surface area contributed by atoms with Gasteiger partial charge in [-0.05, 0) is 37.6 Å². The third kappa shape index (κ3) is 3.55. The zero-order chi connectivity index (χ0) is 17.8. The van der Waals surface area contributed by atoms with Crippen molar-refractivity contribution in [2.45, 2.75) is 58.9 Å². The number of aromatic nitrogens is 1. The molecule has 3 aromatic rings. The monoisotopic (exact) mass is 336 g/mol. The highest BCUT2D eigenvalue weighted by Gasteiger charge is 2.20. The summed E-state index contributed by atoms with van der Waals surface area (Å²) in [6.07, 6.45) is 7.53. The molecule has 0 saturated heterocycles. The van der Waals surface area contributed by atoms with Crippen LogP contribution in [0.3, 0.4) is 0 Å². The minimum Gasteiger partial charge on any atom is -0.399 e. The Morgan fingerprint density at radius 2 is 1.44 bits per heavy atom. The van der Waals surface area contributed by atoms with E-state index >= 15 is 0 Å². The van der Waals surface area contributed by atoms with Crippen molar-refractivity contribution in [2.75, 3.05) is 11.5 Å². The third-order valence-corrected chi connectivity index (χ3v) is 5.12. The first kappa shape index (κ1) is 17.5. The number of nitrogen functional groups attached to an aromatic ring is 2. The van der Waals surface area contributed by atoms with Crippen molar-refractivity contribution >= 4 is 33.1 Å². The van der Waals surface area contributed by atoms with Crippen molar-refractivity contribution in [3.05, 3.63) is 42.1 Å². The van der Waals surface area contributed by atoms with E-state index in [2.05, 4.69) is 42.7 Å². The van der Waals surface area contributed by atoms with Crippen molar-refractivity contribution in [2.24, 2.45) is 0 Å². The van der Waals surface area contributed by atoms with Gasteiger partial charge in [0.2, 0.25) is 5.52 Å². The second kappa shape index (κ2) is 7.73. The summed E-state index contributed by atoms with van der Waals surface area (Å²) in [4.78, 5) is 0. The summed E-state index contributed by atoms with van der Waals surface area (Å²) < 4.78 is 2.42. The first-order valence-corrected chi connectivity index (χ1v) is 9.58. The van der Waals surface area contributed by atoms with Gasteiger partial charge in [0.05, 0.1) is 10.8 Å². The zero-order valence-electron chi connectivity index (χ0n) is 15.5. The van der Waals surface area contributed by atoms with Crippen LogP contribution in [-0.2, 0) is 13.0 Å². The smallest absolute Gasteiger partial charge is 0.215 e. The molecule has 3 rings (SSSR count). The fourth-order valence-corrected chi connectivity index (χ4v) is 3.85. The van der Waals surface area contributed by atoms with Gasteiger partial charge in [-0.1, -0.05) is 38.7 Å². The summed E-state index contributed by atoms with van der Waals surface area (Å²) in [6, 6.07) is 12.5. The normalized spacial score (nSPS) is 11.4. The molecule has 3 heteroatoms. The Hall–Kier alpha value is -2.29. The van der Waals surface area contributed by atoms with E-state index in [0.29, 0.717) is 0 Å². The second-order valence-corrected chi connectivity index (χ2v) is 6.94. The highest BCUT2D eigenvalue weighted by Crippen LogP contribution is 2.29. The van der Waals surface area contributed by atoms with Gasteiger partial charge >= 0.3 is 0 Å². The molecule has 0 atom stereocenters. The SMILES string of the molecule is CCCCCCCc1c2cc(N)ccc2c2ccc(N)cc2[n+]1CC. The molecule has 1 aromatic heterocycles. The van der Waals surface area contributed by atoms with Crippen molar-refractivity contribution in [3.8, 4) is 0 Å². The molecule has 0 aliphatic heterocycles. The fraction of sp³-hybridized carbons (Fsp3) is 0.409. The Morgan fingerprint density at radius 3 is 2.16 bits per heavy atom. The van der Waals surface area contributed by atoms with Crippen LogP contribution in [0.25, 0.3) is 21.7 Å². The lowest BCUT2D eigenvalue weighted by atomic mass is 9.98. The molecule has 25 heavy (non-hydrogen) atoms. The molecule has 4 N–H and O–H groups in total. The Morgan fingerprint density at radius 1 is 0.760 bits per heavy atom. The Labute approximate surface area is 150 Å². The van der Waals surface area contributed by atoms with Crippen LogP contribution in [0.5, 0.6) is 0 Å². The van der Waals surface area contributed by atoms with Crippen LogP contribution in [0, 0.1) is 0 Å². The number of hydrogen-bond acceptors (Lipinski definition) is 2. The molecule has 0 saturated carbocycles. The van der Waals surface area contributed by atoms with Crippen LogP contribution in [0.2, 0.25) is 0 Å². The van der Waals surface area contributed by atoms with Gasteiger partial charge in [0, 0.05) is 29.2 Å². The third-order valence-electron chi connectivity index (χ3n) is 5.12. The molecule has 3 nitrogen and oxygen atoms in total. The molecule has 0 amide bonds. The molecule has 0 bridgehead atoms. The Kier molecular flexibility index (Phi) is 5.42. The van der Waals surface area contributed by atoms with Crippen LogP contribution in [0.15, 0.2) is 36.4 Å². The number of benzene rings is 2. The number of rotatable bonds is 7. The molecule has 132 valence electrons. The summed E-state index contributed by atoms with van der Waals surface area (Å²) in [5.74, 6) is 0. The minimum atomic E-state index is 0.818. The number of nitrogens with zero attached hydrogens (tertiary/aromatic N) is 1. The van der Waals surface area contributed by atoms with E-state index in [-0.39, 0.29) is 0 Å². The summed E-state index contributed by atoms with van der Waals surface area (Å²) in [5.41, 5.74) is 16.5. The van der Waals surface area contributed by atoms with Gasteiger partial charge in [-0.25, -0.2) is 0 Å². The van der Waals surface area contributed by atoms with Crippen molar-refractivity contribution in [1.29, 1.82) is 0 Å². The first-order valence-electron chi connectivity index (χ1n) is 9.58. The molecule has 2 aromatic carbocycles. The number of unbranched alkanes of at least 4 members (excludes halogenated alkanes) is 4. The topological polar surface area (TPSA) is 55.9 Å². The van der Waals surface area contributed by atoms with Crippen molar-refractivity contribution in [3.63, 3.8) is 0 Å². The molecular formula is C22H30N3+. The first-order chi connectivity index (χ1) is 12.2. The molecule has 0 spiro atoms. The van der Waals surface area contributed by atoms with E-state index < -0.39 is 0 Å². The van der Waals surface area contributed by atoms with Gasteiger partial charge in [0.15, 0.2) is 5.69 Å². The van der Waals surface area contributed by atoms with Gasteiger partial charge in [0.1, 0.15) is 6.54 Å². The number of fused-ring (bicyclic) bond motifs is 3. The fourth-order valence-electron chi connectivity index (χ4n) is 3.85. The lowest BCUT2D eigenvalue weighted by Crippen LogP contribution is -2.38. The van der Waals surface area contributed by atoms with Gasteiger partial charge in [-0.15, -0.1) is 0 Å². The standard InChI is InChI=1S/C22H29N3/c1-3-5-6-7-8-9-21-20-14-16(23)10-12-18(20)19-13-11-17(24)15-22(19)25(21)4-2/h10-15,24H,3-9,23H2,1-2H3/p+1. The molecule has 0 fully saturated rings. The lowest BCUT2D eigenvalue weighted by Gasteiger charge is -2.12. The number of anilines is 2. The Balaban J connectivity index is 2.14. The number of nitrogens with two attached hydrogens (primary N) is 2. The molecule has 0 aliphatic carbocycles. The molecular weight excluding hydrogens is 306 g/mol. The average molecular weight is 337 g/mol. The van der Waals surface area contributed by atoms with E-state index in [1.807, 2.05) is 12.1 Å². The van der Waals surface area contributed by atoms with Crippen LogP contribution < -0.4 is 16.0 Å². The van der Waals surface area contributed by atoms with Crippen LogP contribution in [0.4, 0.5) is 11.4 Å². The van der Waals surface area contributed by atoms with E-state index in [4.69, 9.17) is 11.5 Å². The summed E-state index contributed by atoms with van der Waals surface area (Å²) >= 11 is 0. The summed E-state index contributed by atoms with van der Waals surface area (Å²) in [5, 5.41) is 3.81. The summed E-state index contributed by atoms with van der Waals surface area (Å²) in [6.45, 7) is 5.41. The van der Waals surface area contributed by atoms with Crippen LogP contribution in [0.1, 0.15) is 51.6 Å². The minimum absolute atomic E-state index is 0.818. The Bertz CT molecular complexity index is 883. The van der Waals surface area contributed by atoms with E-state index in [0.717, 1.165) is 24.3 Å². The molecule has 0 aliphatic rings. The van der Waals surface area contributed by atoms with E-state index in [9.17, 15) is 0 Å². The van der Waals surface area contributed by atoms with Gasteiger partial charge in [-0.3, -0.25) is 0 Å². The zero-order valence-corrected chi connectivity index (χ0v) is 15.5. The molecule has 1 heterocycles. The van der Waals surface area contributed by atoms with E-state index in [1.54, 1.807) is 0 Å². The van der Waals surface area contributed by atoms with Crippen molar-refractivity contribution in [1.82, 2.24) is 0 Å². The van der Waals surface area contributed by atoms with Gasteiger partial charge in [-0.2, -0.15) is 4.57 Å². The number of aryl methyl sites for hydroxylation is 2. The largest absolute Gasteiger partial charge is 0.399 e. The maximum atomic E-state index is 6.12. The highest BCUT2D eigenvalue weighted by molar-refractivity contribution is 6.06. The maximum absolute atomic E-state index is 6.12. The number of hydrogen-bond donors (Lipinski definition) is 2. The molecule has 0 unspecified atom stereocenters. The second-order valence-electron chi connectivity index (χ2n) is 6.94. The highest BCUT2D eigenvalue weighted by atomic mass is 15.0. The maximum Gasteiger partial charge on any atom is 0.215 e. The summed E-state index contributed by atoms with van der Waals surface area (Å²) in [7, 11) is 0. The number of pyridine rings is 1. The predicted molar refractivity (Wildman–Crippen MR) is 109 cm³/mol. The average Bonchev–Trinajstić information content (AvgIpc) is 2.61. The molecule has 0 radical (unpaired) electrons. The van der Waals surface area contributed by atoms with Gasteiger partial charge in [0.25, 0.3) is 0 Å². The van der Waals surface area contributed by atoms with Crippen LogP contribution >= 0.6 is 0 Å². The lowest BCUT2D eigenvalue weighted by molar-refractivity contribution is -0.674. The van der Waals surface area contributed by atoms with E-state index in [1.165, 1.54) is 59.5 Å². The van der Waals surface area contributed by atoms with Crippen molar-refractivity contribution < 1.29 is 4.57 Å². The van der Waals surface area contributed by atoms with Crippen LogP contribution in [-0.4, -0.2) is 0 Å². The predicted octanol–water partition coefficient (Wildman–Crippen LogP) is 4.98. The van der Waals surface area contributed by atoms with Gasteiger partial charge < -0.3 is 11.5 Å². The quantitative estimate of drug-likeness (QED) is 0.277.